The highest BCUT2D eigenvalue weighted by Crippen LogP contribution is 2.38. The van der Waals surface area contributed by atoms with Gasteiger partial charge >= 0.3 is 12.1 Å². The number of hydrogen-bond donors (Lipinski definition) is 2. The molecule has 2 aromatic carbocycles. The van der Waals surface area contributed by atoms with Crippen LogP contribution in [0.25, 0.3) is 16.8 Å². The SMILES string of the molecule is CCC[N+]1(C)N=C(CC)C(C(=O)O)=C1c1ccc(-c2ccccc2S(=O)(=O)NC(=O)OC(C)(C)C)cc1. The van der Waals surface area contributed by atoms with Crippen LogP contribution in [0.1, 0.15) is 53.0 Å². The smallest absolute Gasteiger partial charge is 0.421 e. The molecule has 1 aliphatic heterocycles. The summed E-state index contributed by atoms with van der Waals surface area (Å²) in [5.74, 6) is -1.03. The number of sulfonamides is 1. The molecule has 0 fully saturated rings. The van der Waals surface area contributed by atoms with Crippen molar-refractivity contribution in [3.8, 4) is 11.1 Å². The van der Waals surface area contributed by atoms with Gasteiger partial charge in [-0.1, -0.05) is 49.3 Å². The van der Waals surface area contributed by atoms with Crippen molar-refractivity contribution in [2.75, 3.05) is 13.6 Å². The van der Waals surface area contributed by atoms with Gasteiger partial charge in [0.25, 0.3) is 10.0 Å². The monoisotopic (exact) mass is 528 g/mol. The molecule has 10 heteroatoms. The minimum absolute atomic E-state index is 0.0804. The maximum absolute atomic E-state index is 13.0. The number of carbonyl (C=O) groups excluding carboxylic acids is 1. The molecular weight excluding hydrogens is 494 g/mol. The fourth-order valence-electron chi connectivity index (χ4n) is 4.45. The minimum Gasteiger partial charge on any atom is -0.477 e. The highest BCUT2D eigenvalue weighted by Gasteiger charge is 2.42. The number of rotatable bonds is 8. The summed E-state index contributed by atoms with van der Waals surface area (Å²) in [6.07, 6.45) is 0.240. The molecule has 0 saturated heterocycles. The van der Waals surface area contributed by atoms with Crippen LogP contribution >= 0.6 is 0 Å². The first-order chi connectivity index (χ1) is 17.2. The lowest BCUT2D eigenvalue weighted by molar-refractivity contribution is -0.844. The number of carboxylic acid groups (broad SMARTS) is 1. The summed E-state index contributed by atoms with van der Waals surface area (Å²) in [6, 6.07) is 13.4. The van der Waals surface area contributed by atoms with E-state index in [1.165, 1.54) is 6.07 Å². The van der Waals surface area contributed by atoms with Crippen molar-refractivity contribution < 1.29 is 32.4 Å². The predicted molar refractivity (Wildman–Crippen MR) is 142 cm³/mol. The Labute approximate surface area is 218 Å². The predicted octanol–water partition coefficient (Wildman–Crippen LogP) is 5.00. The zero-order valence-corrected chi connectivity index (χ0v) is 22.8. The first kappa shape index (κ1) is 28.1. The largest absolute Gasteiger partial charge is 0.477 e. The normalized spacial score (nSPS) is 17.9. The number of ether oxygens (including phenoxy) is 1. The van der Waals surface area contributed by atoms with Crippen molar-refractivity contribution in [2.45, 2.75) is 58.0 Å². The minimum atomic E-state index is -4.23. The number of benzene rings is 2. The topological polar surface area (TPSA) is 122 Å². The molecule has 9 nitrogen and oxygen atoms in total. The van der Waals surface area contributed by atoms with Gasteiger partial charge in [0.15, 0.2) is 11.3 Å². The molecule has 2 aromatic rings. The van der Waals surface area contributed by atoms with E-state index in [1.807, 2.05) is 25.6 Å². The van der Waals surface area contributed by atoms with E-state index < -0.39 is 27.7 Å². The molecular formula is C27H34N3O6S+. The van der Waals surface area contributed by atoms with Crippen molar-refractivity contribution in [1.82, 2.24) is 4.72 Å². The van der Waals surface area contributed by atoms with E-state index in [0.29, 0.717) is 41.1 Å². The van der Waals surface area contributed by atoms with Crippen molar-refractivity contribution >= 4 is 33.5 Å². The Morgan fingerprint density at radius 1 is 1.03 bits per heavy atom. The first-order valence-corrected chi connectivity index (χ1v) is 13.6. The summed E-state index contributed by atoms with van der Waals surface area (Å²) in [6.45, 7) is 9.46. The van der Waals surface area contributed by atoms with E-state index in [4.69, 9.17) is 9.84 Å². The van der Waals surface area contributed by atoms with Gasteiger partial charge in [-0.2, -0.15) is 4.59 Å². The van der Waals surface area contributed by atoms with Crippen LogP contribution in [0.5, 0.6) is 0 Å². The van der Waals surface area contributed by atoms with Gasteiger partial charge in [0, 0.05) is 11.1 Å². The van der Waals surface area contributed by atoms with Crippen LogP contribution in [0.2, 0.25) is 0 Å². The molecule has 1 unspecified atom stereocenters. The molecule has 1 amide bonds. The fourth-order valence-corrected chi connectivity index (χ4v) is 5.55. The maximum atomic E-state index is 13.0. The molecule has 2 N–H and O–H groups in total. The van der Waals surface area contributed by atoms with Gasteiger partial charge in [-0.05, 0) is 57.4 Å². The lowest BCUT2D eigenvalue weighted by Crippen LogP contribution is -2.36. The lowest BCUT2D eigenvalue weighted by Gasteiger charge is -2.26. The van der Waals surface area contributed by atoms with E-state index in [0.717, 1.165) is 6.42 Å². The Hall–Kier alpha value is -3.50. The van der Waals surface area contributed by atoms with Gasteiger partial charge in [0.2, 0.25) is 0 Å². The Bertz CT molecular complexity index is 1370. The van der Waals surface area contributed by atoms with Crippen LogP contribution in [0.3, 0.4) is 0 Å². The van der Waals surface area contributed by atoms with Crippen molar-refractivity contribution in [1.29, 1.82) is 0 Å². The van der Waals surface area contributed by atoms with Gasteiger partial charge in [0.1, 0.15) is 17.9 Å². The van der Waals surface area contributed by atoms with Crippen LogP contribution in [-0.2, 0) is 19.6 Å². The zero-order valence-electron chi connectivity index (χ0n) is 22.0. The van der Waals surface area contributed by atoms with Crippen LogP contribution in [0, 0.1) is 0 Å². The van der Waals surface area contributed by atoms with E-state index >= 15 is 0 Å². The second-order valence-electron chi connectivity index (χ2n) is 9.97. The Balaban J connectivity index is 2.04. The van der Waals surface area contributed by atoms with Crippen molar-refractivity contribution in [3.05, 3.63) is 59.7 Å². The Kier molecular flexibility index (Phi) is 7.94. The van der Waals surface area contributed by atoms with Gasteiger partial charge in [0.05, 0.1) is 11.9 Å². The molecule has 0 spiro atoms. The van der Waals surface area contributed by atoms with Gasteiger partial charge < -0.3 is 9.84 Å². The number of amides is 1. The molecule has 37 heavy (non-hydrogen) atoms. The number of quaternary nitrogens is 1. The van der Waals surface area contributed by atoms with Crippen molar-refractivity contribution in [3.63, 3.8) is 0 Å². The van der Waals surface area contributed by atoms with E-state index in [9.17, 15) is 23.1 Å². The summed E-state index contributed by atoms with van der Waals surface area (Å²) in [5, 5.41) is 14.7. The Morgan fingerprint density at radius 3 is 2.16 bits per heavy atom. The highest BCUT2D eigenvalue weighted by atomic mass is 32.2. The van der Waals surface area contributed by atoms with Crippen LogP contribution in [0.4, 0.5) is 4.79 Å². The maximum Gasteiger partial charge on any atom is 0.421 e. The molecule has 0 radical (unpaired) electrons. The summed E-state index contributed by atoms with van der Waals surface area (Å²) in [4.78, 5) is 24.3. The number of carboxylic acids is 1. The number of carbonyl (C=O) groups is 2. The quantitative estimate of drug-likeness (QED) is 0.465. The van der Waals surface area contributed by atoms with E-state index in [1.54, 1.807) is 63.2 Å². The molecule has 1 aliphatic rings. The molecule has 0 saturated carbocycles. The van der Waals surface area contributed by atoms with Crippen LogP contribution in [-0.4, -0.2) is 55.1 Å². The molecule has 0 aliphatic carbocycles. The molecule has 0 bridgehead atoms. The second kappa shape index (κ2) is 10.5. The molecule has 1 atom stereocenters. The molecule has 198 valence electrons. The van der Waals surface area contributed by atoms with Gasteiger partial charge in [-0.25, -0.2) is 22.7 Å². The average Bonchev–Trinajstić information content (AvgIpc) is 3.10. The number of nitrogens with zero attached hydrogens (tertiary/aromatic N) is 2. The lowest BCUT2D eigenvalue weighted by atomic mass is 9.98. The third kappa shape index (κ3) is 6.08. The molecule has 1 heterocycles. The summed E-state index contributed by atoms with van der Waals surface area (Å²) in [5.41, 5.74) is 2.17. The molecule has 3 rings (SSSR count). The van der Waals surface area contributed by atoms with E-state index in [-0.39, 0.29) is 15.1 Å². The van der Waals surface area contributed by atoms with Gasteiger partial charge in [-0.15, -0.1) is 0 Å². The van der Waals surface area contributed by atoms with Crippen LogP contribution in [0.15, 0.2) is 64.1 Å². The number of aliphatic carboxylic acids is 1. The second-order valence-corrected chi connectivity index (χ2v) is 11.6. The third-order valence-electron chi connectivity index (χ3n) is 5.82. The average molecular weight is 529 g/mol. The summed E-state index contributed by atoms with van der Waals surface area (Å²) in [7, 11) is -2.33. The summed E-state index contributed by atoms with van der Waals surface area (Å²) >= 11 is 0. The summed E-state index contributed by atoms with van der Waals surface area (Å²) < 4.78 is 33.3. The standard InChI is InChI=1S/C27H33N3O6S/c1-7-17-30(6)24(23(25(31)32)21(8-2)28-30)19-15-13-18(14-16-19)20-11-9-10-12-22(20)37(34,35)29-26(33)36-27(3,4)5/h9-16H,7-8,17H2,1-6H3,(H-,29,31,32,33)/p+1. The third-order valence-corrected chi connectivity index (χ3v) is 7.19. The van der Waals surface area contributed by atoms with Crippen LogP contribution < -0.4 is 4.72 Å². The van der Waals surface area contributed by atoms with E-state index in [2.05, 4.69) is 0 Å². The number of hydrogen-bond acceptors (Lipinski definition) is 6. The first-order valence-electron chi connectivity index (χ1n) is 12.1. The van der Waals surface area contributed by atoms with Crippen molar-refractivity contribution in [2.24, 2.45) is 5.10 Å². The highest BCUT2D eigenvalue weighted by molar-refractivity contribution is 7.90. The zero-order chi connectivity index (χ0) is 27.6. The molecule has 0 aromatic heterocycles. The fraction of sp³-hybridized carbons (Fsp3) is 0.370. The van der Waals surface area contributed by atoms with Gasteiger partial charge in [-0.3, -0.25) is 0 Å². The Morgan fingerprint density at radius 2 is 1.62 bits per heavy atom. The number of nitrogens with one attached hydrogen (secondary N) is 1.